The third-order valence-corrected chi connectivity index (χ3v) is 2.57. The fraction of sp³-hybridized carbons (Fsp3) is 0.923. The van der Waals surface area contributed by atoms with E-state index in [-0.39, 0.29) is 5.97 Å². The van der Waals surface area contributed by atoms with Gasteiger partial charge >= 0.3 is 5.97 Å². The summed E-state index contributed by atoms with van der Waals surface area (Å²) in [5.41, 5.74) is 0. The molecule has 3 heteroatoms. The Kier molecular flexibility index (Phi) is 10.5. The lowest BCUT2D eigenvalue weighted by Gasteiger charge is -2.09. The van der Waals surface area contributed by atoms with Gasteiger partial charge < -0.3 is 9.47 Å². The van der Waals surface area contributed by atoms with Gasteiger partial charge in [0.1, 0.15) is 0 Å². The van der Waals surface area contributed by atoms with Crippen LogP contribution in [0.4, 0.5) is 0 Å². The van der Waals surface area contributed by atoms with Crippen molar-refractivity contribution in [1.29, 1.82) is 0 Å². The van der Waals surface area contributed by atoms with E-state index >= 15 is 0 Å². The summed E-state index contributed by atoms with van der Waals surface area (Å²) in [5.74, 6) is 0.310. The Hall–Kier alpha value is -0.570. The van der Waals surface area contributed by atoms with Crippen molar-refractivity contribution in [1.82, 2.24) is 0 Å². The Bertz CT molecular complexity index is 169. The molecule has 0 aromatic heterocycles. The average molecular weight is 230 g/mol. The fourth-order valence-corrected chi connectivity index (χ4v) is 1.14. The van der Waals surface area contributed by atoms with E-state index in [1.807, 2.05) is 0 Å². The number of hydrogen-bond acceptors (Lipinski definition) is 3. The summed E-state index contributed by atoms with van der Waals surface area (Å²) in [6.45, 7) is 8.11. The highest BCUT2D eigenvalue weighted by Gasteiger charge is 2.05. The second-order valence-corrected chi connectivity index (χ2v) is 4.27. The third kappa shape index (κ3) is 9.97. The number of ether oxygens (including phenoxy) is 2. The molecule has 96 valence electrons. The van der Waals surface area contributed by atoms with Gasteiger partial charge in [0.2, 0.25) is 0 Å². The minimum absolute atomic E-state index is 0.143. The van der Waals surface area contributed by atoms with Crippen LogP contribution in [0.25, 0.3) is 0 Å². The maximum Gasteiger partial charge on any atom is 0.308 e. The van der Waals surface area contributed by atoms with Crippen molar-refractivity contribution in [3.63, 3.8) is 0 Å². The van der Waals surface area contributed by atoms with Crippen LogP contribution < -0.4 is 0 Å². The zero-order valence-electron chi connectivity index (χ0n) is 11.0. The Labute approximate surface area is 99.5 Å². The topological polar surface area (TPSA) is 35.5 Å². The molecule has 0 rings (SSSR count). The Balaban J connectivity index is 3.24. The number of carbonyl (C=O) groups excluding carboxylic acids is 1. The van der Waals surface area contributed by atoms with Gasteiger partial charge in [-0.25, -0.2) is 0 Å². The van der Waals surface area contributed by atoms with E-state index in [0.717, 1.165) is 19.4 Å². The van der Waals surface area contributed by atoms with E-state index in [1.54, 1.807) is 0 Å². The molecule has 0 radical (unpaired) electrons. The van der Waals surface area contributed by atoms with Gasteiger partial charge in [-0.1, -0.05) is 40.0 Å². The van der Waals surface area contributed by atoms with Crippen molar-refractivity contribution in [2.75, 3.05) is 19.8 Å². The maximum atomic E-state index is 11.3. The summed E-state index contributed by atoms with van der Waals surface area (Å²) in [5, 5.41) is 0. The van der Waals surface area contributed by atoms with Crippen LogP contribution in [-0.4, -0.2) is 25.8 Å². The van der Waals surface area contributed by atoms with Gasteiger partial charge in [0.05, 0.1) is 19.6 Å². The lowest BCUT2D eigenvalue weighted by atomic mass is 10.1. The number of carbonyl (C=O) groups is 1. The number of esters is 1. The van der Waals surface area contributed by atoms with E-state index < -0.39 is 0 Å². The second kappa shape index (κ2) is 10.9. The fourth-order valence-electron chi connectivity index (χ4n) is 1.14. The zero-order chi connectivity index (χ0) is 12.2. The van der Waals surface area contributed by atoms with E-state index in [0.29, 0.717) is 25.6 Å². The molecule has 0 aromatic rings. The monoisotopic (exact) mass is 230 g/mol. The molecule has 0 heterocycles. The predicted octanol–water partition coefficient (Wildman–Crippen LogP) is 3.17. The van der Waals surface area contributed by atoms with Crippen molar-refractivity contribution in [2.45, 2.75) is 52.9 Å². The van der Waals surface area contributed by atoms with Crippen molar-refractivity contribution >= 4 is 5.97 Å². The second-order valence-electron chi connectivity index (χ2n) is 4.27. The number of hydrogen-bond donors (Lipinski definition) is 0. The number of rotatable bonds is 10. The van der Waals surface area contributed by atoms with Gasteiger partial charge in [-0.3, -0.25) is 4.79 Å². The Morgan fingerprint density at radius 1 is 1.19 bits per heavy atom. The quantitative estimate of drug-likeness (QED) is 0.427. The molecular weight excluding hydrogens is 204 g/mol. The average Bonchev–Trinajstić information content (AvgIpc) is 2.30. The van der Waals surface area contributed by atoms with Gasteiger partial charge in [-0.15, -0.1) is 0 Å². The molecule has 0 fully saturated rings. The standard InChI is InChI=1S/C13H26O3/c1-4-6-7-9-15-10-8-13(14)16-11-12(3)5-2/h12H,4-11H2,1-3H3. The van der Waals surface area contributed by atoms with E-state index in [4.69, 9.17) is 9.47 Å². The predicted molar refractivity (Wildman–Crippen MR) is 65.4 cm³/mol. The smallest absolute Gasteiger partial charge is 0.308 e. The van der Waals surface area contributed by atoms with Crippen LogP contribution in [0.15, 0.2) is 0 Å². The van der Waals surface area contributed by atoms with Crippen LogP contribution in [0, 0.1) is 5.92 Å². The minimum atomic E-state index is -0.143. The van der Waals surface area contributed by atoms with E-state index in [1.165, 1.54) is 12.8 Å². The normalized spacial score (nSPS) is 12.4. The third-order valence-electron chi connectivity index (χ3n) is 2.57. The summed E-state index contributed by atoms with van der Waals surface area (Å²) in [7, 11) is 0. The molecule has 1 atom stereocenters. The molecule has 0 aliphatic rings. The first kappa shape index (κ1) is 15.4. The molecule has 0 aliphatic heterocycles. The lowest BCUT2D eigenvalue weighted by Crippen LogP contribution is -2.13. The summed E-state index contributed by atoms with van der Waals surface area (Å²) in [4.78, 5) is 11.3. The molecule has 0 amide bonds. The largest absolute Gasteiger partial charge is 0.465 e. The molecule has 3 nitrogen and oxygen atoms in total. The maximum absolute atomic E-state index is 11.3. The highest BCUT2D eigenvalue weighted by atomic mass is 16.5. The molecular formula is C13H26O3. The molecule has 1 unspecified atom stereocenters. The van der Waals surface area contributed by atoms with Crippen LogP contribution in [0.2, 0.25) is 0 Å². The van der Waals surface area contributed by atoms with Crippen LogP contribution in [0.3, 0.4) is 0 Å². The summed E-state index contributed by atoms with van der Waals surface area (Å²) < 4.78 is 10.4. The first-order valence-corrected chi connectivity index (χ1v) is 6.44. The minimum Gasteiger partial charge on any atom is -0.465 e. The molecule has 0 saturated heterocycles. The van der Waals surface area contributed by atoms with Gasteiger partial charge in [0, 0.05) is 6.61 Å². The summed E-state index contributed by atoms with van der Waals surface area (Å²) >= 11 is 0. The van der Waals surface area contributed by atoms with Gasteiger partial charge in [-0.05, 0) is 12.3 Å². The molecule has 16 heavy (non-hydrogen) atoms. The number of unbranched alkanes of at least 4 members (excludes halogenated alkanes) is 2. The molecule has 0 spiro atoms. The van der Waals surface area contributed by atoms with Crippen molar-refractivity contribution in [3.05, 3.63) is 0 Å². The van der Waals surface area contributed by atoms with Crippen LogP contribution in [0.5, 0.6) is 0 Å². The van der Waals surface area contributed by atoms with Gasteiger partial charge in [0.15, 0.2) is 0 Å². The first-order chi connectivity index (χ1) is 7.70. The van der Waals surface area contributed by atoms with Gasteiger partial charge in [-0.2, -0.15) is 0 Å². The van der Waals surface area contributed by atoms with Crippen molar-refractivity contribution < 1.29 is 14.3 Å². The summed E-state index contributed by atoms with van der Waals surface area (Å²) in [6, 6.07) is 0. The molecule has 0 aromatic carbocycles. The molecule has 0 bridgehead atoms. The lowest BCUT2D eigenvalue weighted by molar-refractivity contribution is -0.146. The van der Waals surface area contributed by atoms with Gasteiger partial charge in [0.25, 0.3) is 0 Å². The molecule has 0 saturated carbocycles. The van der Waals surface area contributed by atoms with E-state index in [2.05, 4.69) is 20.8 Å². The Morgan fingerprint density at radius 2 is 1.94 bits per heavy atom. The molecule has 0 aliphatic carbocycles. The Morgan fingerprint density at radius 3 is 2.56 bits per heavy atom. The van der Waals surface area contributed by atoms with Crippen molar-refractivity contribution in [3.8, 4) is 0 Å². The first-order valence-electron chi connectivity index (χ1n) is 6.44. The van der Waals surface area contributed by atoms with Crippen LogP contribution in [-0.2, 0) is 14.3 Å². The van der Waals surface area contributed by atoms with Crippen molar-refractivity contribution in [2.24, 2.45) is 5.92 Å². The summed E-state index contributed by atoms with van der Waals surface area (Å²) in [6.07, 6.45) is 4.89. The highest BCUT2D eigenvalue weighted by Crippen LogP contribution is 2.02. The van der Waals surface area contributed by atoms with Crippen LogP contribution >= 0.6 is 0 Å². The molecule has 0 N–H and O–H groups in total. The highest BCUT2D eigenvalue weighted by molar-refractivity contribution is 5.69. The van der Waals surface area contributed by atoms with Crippen LogP contribution in [0.1, 0.15) is 52.9 Å². The zero-order valence-corrected chi connectivity index (χ0v) is 11.0. The SMILES string of the molecule is CCCCCOCCC(=O)OCC(C)CC. The van der Waals surface area contributed by atoms with E-state index in [9.17, 15) is 4.79 Å².